The summed E-state index contributed by atoms with van der Waals surface area (Å²) in [5.74, 6) is 0. The van der Waals surface area contributed by atoms with E-state index in [1.54, 1.807) is 0 Å². The number of para-hydroxylation sites is 1. The summed E-state index contributed by atoms with van der Waals surface area (Å²) in [6.45, 7) is 0. The van der Waals surface area contributed by atoms with E-state index in [0.717, 1.165) is 11.1 Å². The van der Waals surface area contributed by atoms with E-state index in [0.29, 0.717) is 22.2 Å². The van der Waals surface area contributed by atoms with Crippen LogP contribution in [0.4, 0.5) is 0 Å². The zero-order valence-electron chi connectivity index (χ0n) is 10.5. The van der Waals surface area contributed by atoms with Crippen molar-refractivity contribution in [1.82, 2.24) is 4.98 Å². The van der Waals surface area contributed by atoms with Gasteiger partial charge in [-0.1, -0.05) is 48.5 Å². The van der Waals surface area contributed by atoms with Gasteiger partial charge in [0.2, 0.25) is 0 Å². The molecule has 3 rings (SSSR count). The number of aromatic nitrogens is 1. The fraction of sp³-hybridized carbons (Fsp3) is 0. The smallest absolute Gasteiger partial charge is 0.103 e. The molecule has 0 saturated heterocycles. The van der Waals surface area contributed by atoms with Crippen molar-refractivity contribution in [2.45, 2.75) is 0 Å². The quantitative estimate of drug-likeness (QED) is 0.666. The summed E-state index contributed by atoms with van der Waals surface area (Å²) in [5.41, 5.74) is 2.84. The number of benzene rings is 2. The van der Waals surface area contributed by atoms with Crippen molar-refractivity contribution >= 4 is 10.9 Å². The van der Waals surface area contributed by atoms with Crippen molar-refractivity contribution in [2.75, 3.05) is 0 Å². The second kappa shape index (κ2) is 4.84. The van der Waals surface area contributed by atoms with Gasteiger partial charge < -0.3 is 0 Å². The number of rotatable bonds is 1. The average Bonchev–Trinajstić information content (AvgIpc) is 2.53. The lowest BCUT2D eigenvalue weighted by Crippen LogP contribution is -1.96. The molecule has 0 amide bonds. The van der Waals surface area contributed by atoms with Gasteiger partial charge in [0.1, 0.15) is 12.1 Å². The molecule has 0 saturated carbocycles. The third kappa shape index (κ3) is 1.79. The zero-order valence-corrected chi connectivity index (χ0v) is 10.5. The molecule has 1 heterocycles. The van der Waals surface area contributed by atoms with Crippen molar-refractivity contribution in [3.05, 3.63) is 65.7 Å². The first-order valence-electron chi connectivity index (χ1n) is 6.13. The van der Waals surface area contributed by atoms with E-state index >= 15 is 0 Å². The highest BCUT2D eigenvalue weighted by Gasteiger charge is 2.15. The molecular weight excluding hydrogens is 246 g/mol. The van der Waals surface area contributed by atoms with E-state index in [-0.39, 0.29) is 0 Å². The minimum atomic E-state index is 0.331. The van der Waals surface area contributed by atoms with Gasteiger partial charge in [-0.3, -0.25) is 0 Å². The lowest BCUT2D eigenvalue weighted by atomic mass is 9.98. The monoisotopic (exact) mass is 255 g/mol. The number of hydrogen-bond donors (Lipinski definition) is 0. The Morgan fingerprint density at radius 1 is 0.750 bits per heavy atom. The van der Waals surface area contributed by atoms with Crippen LogP contribution >= 0.6 is 0 Å². The third-order valence-corrected chi connectivity index (χ3v) is 3.16. The molecule has 0 aliphatic heterocycles. The van der Waals surface area contributed by atoms with Crippen LogP contribution in [0.3, 0.4) is 0 Å². The highest BCUT2D eigenvalue weighted by molar-refractivity contribution is 5.91. The number of nitrogens with zero attached hydrogens (tertiary/aromatic N) is 3. The van der Waals surface area contributed by atoms with E-state index in [2.05, 4.69) is 17.1 Å². The molecule has 0 radical (unpaired) electrons. The maximum atomic E-state index is 9.41. The Morgan fingerprint density at radius 3 is 2.10 bits per heavy atom. The van der Waals surface area contributed by atoms with Crippen LogP contribution in [0.25, 0.3) is 22.2 Å². The largest absolute Gasteiger partial charge is 0.246 e. The van der Waals surface area contributed by atoms with Crippen LogP contribution in [-0.4, -0.2) is 4.98 Å². The Bertz CT molecular complexity index is 868. The molecule has 3 heteroatoms. The molecule has 0 fully saturated rings. The molecule has 1 aromatic heterocycles. The molecule has 20 heavy (non-hydrogen) atoms. The van der Waals surface area contributed by atoms with Gasteiger partial charge >= 0.3 is 0 Å². The zero-order chi connectivity index (χ0) is 13.9. The fourth-order valence-electron chi connectivity index (χ4n) is 2.24. The van der Waals surface area contributed by atoms with Gasteiger partial charge in [0.25, 0.3) is 0 Å². The Hall–Kier alpha value is -3.17. The summed E-state index contributed by atoms with van der Waals surface area (Å²) in [7, 11) is 0. The predicted molar refractivity (Wildman–Crippen MR) is 76.6 cm³/mol. The Kier molecular flexibility index (Phi) is 2.88. The Morgan fingerprint density at radius 2 is 1.40 bits per heavy atom. The SMILES string of the molecule is N#Cc1c(-c2ccccc2)nc2ccccc2c1C#N. The van der Waals surface area contributed by atoms with Gasteiger partial charge in [0, 0.05) is 10.9 Å². The summed E-state index contributed by atoms with van der Waals surface area (Å²) < 4.78 is 0. The second-order valence-electron chi connectivity index (χ2n) is 4.32. The molecular formula is C17H9N3. The van der Waals surface area contributed by atoms with E-state index < -0.39 is 0 Å². The highest BCUT2D eigenvalue weighted by Crippen LogP contribution is 2.28. The summed E-state index contributed by atoms with van der Waals surface area (Å²) in [4.78, 5) is 4.55. The molecule has 0 N–H and O–H groups in total. The van der Waals surface area contributed by atoms with Crippen LogP contribution in [-0.2, 0) is 0 Å². The molecule has 3 nitrogen and oxygen atoms in total. The van der Waals surface area contributed by atoms with E-state index in [1.807, 2.05) is 54.6 Å². The minimum absolute atomic E-state index is 0.331. The Labute approximate surface area is 116 Å². The average molecular weight is 255 g/mol. The molecule has 0 aliphatic carbocycles. The van der Waals surface area contributed by atoms with Crippen molar-refractivity contribution in [2.24, 2.45) is 0 Å². The van der Waals surface area contributed by atoms with Crippen LogP contribution in [0.1, 0.15) is 11.1 Å². The topological polar surface area (TPSA) is 60.5 Å². The number of nitriles is 2. The third-order valence-electron chi connectivity index (χ3n) is 3.16. The van der Waals surface area contributed by atoms with Crippen LogP contribution in [0.15, 0.2) is 54.6 Å². The van der Waals surface area contributed by atoms with Gasteiger partial charge in [-0.2, -0.15) is 10.5 Å². The molecule has 0 atom stereocenters. The van der Waals surface area contributed by atoms with E-state index in [1.165, 1.54) is 0 Å². The molecule has 0 spiro atoms. The lowest BCUT2D eigenvalue weighted by Gasteiger charge is -2.08. The maximum absolute atomic E-state index is 9.41. The van der Waals surface area contributed by atoms with Gasteiger partial charge in [-0.05, 0) is 6.07 Å². The first-order valence-corrected chi connectivity index (χ1v) is 6.13. The molecule has 0 unspecified atom stereocenters. The molecule has 92 valence electrons. The van der Waals surface area contributed by atoms with Gasteiger partial charge in [0.05, 0.1) is 22.3 Å². The normalized spacial score (nSPS) is 9.90. The van der Waals surface area contributed by atoms with Gasteiger partial charge in [-0.15, -0.1) is 0 Å². The highest BCUT2D eigenvalue weighted by atomic mass is 14.7. The van der Waals surface area contributed by atoms with Crippen molar-refractivity contribution in [3.63, 3.8) is 0 Å². The number of fused-ring (bicyclic) bond motifs is 1. The van der Waals surface area contributed by atoms with Crippen LogP contribution in [0.5, 0.6) is 0 Å². The van der Waals surface area contributed by atoms with Gasteiger partial charge in [0.15, 0.2) is 0 Å². The predicted octanol–water partition coefficient (Wildman–Crippen LogP) is 3.65. The van der Waals surface area contributed by atoms with Crippen molar-refractivity contribution in [3.8, 4) is 23.4 Å². The lowest BCUT2D eigenvalue weighted by molar-refractivity contribution is 1.34. The van der Waals surface area contributed by atoms with E-state index in [4.69, 9.17) is 0 Å². The number of pyridine rings is 1. The molecule has 2 aromatic carbocycles. The fourth-order valence-corrected chi connectivity index (χ4v) is 2.24. The summed E-state index contributed by atoms with van der Waals surface area (Å²) in [5, 5.41) is 19.5. The standard InChI is InChI=1S/C17H9N3/c18-10-14-13-8-4-5-9-16(13)20-17(15(14)11-19)12-6-2-1-3-7-12/h1-9H. The maximum Gasteiger partial charge on any atom is 0.103 e. The second-order valence-corrected chi connectivity index (χ2v) is 4.32. The molecule has 0 aliphatic rings. The first-order chi connectivity index (χ1) is 9.85. The van der Waals surface area contributed by atoms with Crippen LogP contribution < -0.4 is 0 Å². The summed E-state index contributed by atoms with van der Waals surface area (Å²) in [6, 6.07) is 21.1. The summed E-state index contributed by atoms with van der Waals surface area (Å²) >= 11 is 0. The molecule has 0 bridgehead atoms. The molecule has 3 aromatic rings. The van der Waals surface area contributed by atoms with Crippen LogP contribution in [0.2, 0.25) is 0 Å². The van der Waals surface area contributed by atoms with Crippen molar-refractivity contribution < 1.29 is 0 Å². The number of hydrogen-bond acceptors (Lipinski definition) is 3. The minimum Gasteiger partial charge on any atom is -0.246 e. The van der Waals surface area contributed by atoms with Crippen molar-refractivity contribution in [1.29, 1.82) is 10.5 Å². The summed E-state index contributed by atoms with van der Waals surface area (Å²) in [6.07, 6.45) is 0. The van der Waals surface area contributed by atoms with Crippen LogP contribution in [0, 0.1) is 22.7 Å². The van der Waals surface area contributed by atoms with E-state index in [9.17, 15) is 10.5 Å². The first kappa shape index (κ1) is 11.9. The Balaban J connectivity index is 2.45. The van der Waals surface area contributed by atoms with Gasteiger partial charge in [-0.25, -0.2) is 4.98 Å².